The van der Waals surface area contributed by atoms with E-state index in [-0.39, 0.29) is 40.4 Å². The lowest BCUT2D eigenvalue weighted by atomic mass is 9.77. The average molecular weight is 1150 g/mol. The van der Waals surface area contributed by atoms with Gasteiger partial charge in [-0.15, -0.1) is 0 Å². The fourth-order valence-electron chi connectivity index (χ4n) is 13.2. The van der Waals surface area contributed by atoms with Crippen LogP contribution in [0.3, 0.4) is 0 Å². The van der Waals surface area contributed by atoms with Crippen LogP contribution in [0.2, 0.25) is 0 Å². The monoisotopic (exact) mass is 1150 g/mol. The predicted molar refractivity (Wildman–Crippen MR) is 375 cm³/mol. The van der Waals surface area contributed by atoms with E-state index < -0.39 is 0 Å². The summed E-state index contributed by atoms with van der Waals surface area (Å²) < 4.78 is 52.7. The molecule has 0 amide bonds. The summed E-state index contributed by atoms with van der Waals surface area (Å²) in [4.78, 5) is 0. The number of furan rings is 3. The summed E-state index contributed by atoms with van der Waals surface area (Å²) in [7, 11) is 0. The van der Waals surface area contributed by atoms with Gasteiger partial charge in [0.1, 0.15) is 33.5 Å². The largest absolute Gasteiger partial charge is 0.456 e. The van der Waals surface area contributed by atoms with Crippen molar-refractivity contribution in [2.24, 2.45) is 0 Å². The summed E-state index contributed by atoms with van der Waals surface area (Å²) in [6.07, 6.45) is 0. The molecule has 0 aliphatic heterocycles. The molecule has 0 saturated heterocycles. The topological polar surface area (TPSA) is 39.4 Å². The fraction of sp³-hybridized carbons (Fsp3) is 0.153. The summed E-state index contributed by atoms with van der Waals surface area (Å²) in [5.74, 6) is 0. The Morgan fingerprint density at radius 2 is 0.602 bits per heavy atom. The molecule has 88 heavy (non-hydrogen) atoms. The summed E-state index contributed by atoms with van der Waals surface area (Å²) in [6.45, 7) is 21.8. The maximum absolute atomic E-state index is 8.75. The standard InChI is InChI=1S/C29H26O.2C28H24O/c1-19-10-7-11-20(18-19)21-13-8-14-23(27(21)29(2,3)4)25-16-9-15-24-22-12-5-6-17-26(22)30-28(24)25;1-28(2,3)27-20(19-11-5-4-6-12-19)14-9-16-22(27)21-15-10-18-25-26(21)23-13-7-8-17-24(23)29-25;1-28(2,3)26-20(19-11-5-4-6-12-19)14-9-15-22(26)24-17-10-16-23-21-13-7-8-18-25(21)29-27(23)24/h5-18H,1-4H3;2*4-18H,1-3H3/i7D,10D,11D,18D;;. The molecule has 0 aliphatic carbocycles. The van der Waals surface area contributed by atoms with E-state index in [0.29, 0.717) is 11.1 Å². The van der Waals surface area contributed by atoms with Gasteiger partial charge in [-0.2, -0.15) is 0 Å². The Labute approximate surface area is 523 Å². The summed E-state index contributed by atoms with van der Waals surface area (Å²) in [6, 6.07) is 84.0. The fourth-order valence-corrected chi connectivity index (χ4v) is 13.2. The van der Waals surface area contributed by atoms with E-state index in [0.717, 1.165) is 72.1 Å². The first-order valence-corrected chi connectivity index (χ1v) is 30.5. The van der Waals surface area contributed by atoms with Crippen LogP contribution in [0.25, 0.3) is 133 Å². The number of hydrogen-bond acceptors (Lipinski definition) is 3. The molecule has 3 nitrogen and oxygen atoms in total. The van der Waals surface area contributed by atoms with Gasteiger partial charge >= 0.3 is 0 Å². The van der Waals surface area contributed by atoms with Crippen LogP contribution >= 0.6 is 0 Å². The van der Waals surface area contributed by atoms with E-state index in [4.69, 9.17) is 18.7 Å². The molecule has 0 saturated carbocycles. The number of fused-ring (bicyclic) bond motifs is 9. The van der Waals surface area contributed by atoms with Crippen LogP contribution in [0, 0.1) is 6.92 Å². The highest BCUT2D eigenvalue weighted by atomic mass is 16.3. The van der Waals surface area contributed by atoms with Gasteiger partial charge in [0.05, 0.1) is 5.48 Å². The van der Waals surface area contributed by atoms with Gasteiger partial charge in [0.15, 0.2) is 0 Å². The third kappa shape index (κ3) is 10.8. The Balaban J connectivity index is 0.000000126. The minimum Gasteiger partial charge on any atom is -0.456 e. The van der Waals surface area contributed by atoms with Crippen LogP contribution < -0.4 is 0 Å². The molecule has 15 aromatic rings. The second-order valence-electron chi connectivity index (χ2n) is 26.0. The van der Waals surface area contributed by atoms with Crippen molar-refractivity contribution < 1.29 is 18.7 Å². The smallest absolute Gasteiger partial charge is 0.143 e. The van der Waals surface area contributed by atoms with E-state index in [9.17, 15) is 0 Å². The molecular weight excluding hydrogens is 1070 g/mol. The van der Waals surface area contributed by atoms with Gasteiger partial charge in [-0.05, 0) is 120 Å². The molecule has 0 bridgehead atoms. The second-order valence-corrected chi connectivity index (χ2v) is 26.0. The van der Waals surface area contributed by atoms with Crippen LogP contribution in [0.5, 0.6) is 0 Å². The molecule has 3 heterocycles. The van der Waals surface area contributed by atoms with Crippen molar-refractivity contribution in [3.05, 3.63) is 289 Å². The Hall–Kier alpha value is -9.96. The van der Waals surface area contributed by atoms with Crippen LogP contribution in [0.4, 0.5) is 0 Å². The van der Waals surface area contributed by atoms with Gasteiger partial charge in [-0.1, -0.05) is 310 Å². The van der Waals surface area contributed by atoms with Crippen LogP contribution in [-0.2, 0) is 16.2 Å². The molecule has 0 N–H and O–H groups in total. The normalized spacial score (nSPS) is 12.6. The van der Waals surface area contributed by atoms with Crippen LogP contribution in [0.15, 0.2) is 280 Å². The molecule has 12 aromatic carbocycles. The molecular formula is C85H74O3. The first-order chi connectivity index (χ1) is 44.2. The Kier molecular flexibility index (Phi) is 13.7. The van der Waals surface area contributed by atoms with E-state index >= 15 is 0 Å². The maximum atomic E-state index is 8.75. The number of hydrogen-bond donors (Lipinski definition) is 0. The number of benzene rings is 12. The lowest BCUT2D eigenvalue weighted by Crippen LogP contribution is -2.14. The van der Waals surface area contributed by atoms with Gasteiger partial charge in [0, 0.05) is 43.4 Å². The zero-order valence-electron chi connectivity index (χ0n) is 55.8. The zero-order valence-corrected chi connectivity index (χ0v) is 51.8. The Morgan fingerprint density at radius 1 is 0.273 bits per heavy atom. The van der Waals surface area contributed by atoms with Gasteiger partial charge in [-0.3, -0.25) is 0 Å². The van der Waals surface area contributed by atoms with Crippen molar-refractivity contribution in [2.75, 3.05) is 0 Å². The molecule has 0 atom stereocenters. The molecule has 0 aliphatic rings. The van der Waals surface area contributed by atoms with Crippen molar-refractivity contribution in [3.8, 4) is 66.8 Å². The first kappa shape index (κ1) is 52.4. The minimum absolute atomic E-state index is 0.0104. The van der Waals surface area contributed by atoms with E-state index in [1.807, 2.05) is 60.7 Å². The zero-order chi connectivity index (χ0) is 64.4. The van der Waals surface area contributed by atoms with Crippen LogP contribution in [0.1, 0.15) is 90.1 Å². The SMILES string of the molecule is CC(C)(C)c1c(-c2ccccc2)cccc1-c1cccc2c1oc1ccccc12.CC(C)(C)c1c(-c2ccccc2)cccc1-c1cccc2oc3ccccc3c12.[2H]c1c([2H])c(C)c([2H])c(-c2cccc(-c3cccc4c3oc3ccccc34)c2C(C)(C)C)c1[2H]. The summed E-state index contributed by atoms with van der Waals surface area (Å²) >= 11 is 0. The molecule has 0 radical (unpaired) electrons. The molecule has 432 valence electrons. The minimum atomic E-state index is -0.325. The van der Waals surface area contributed by atoms with Gasteiger partial charge in [0.2, 0.25) is 0 Å². The Morgan fingerprint density at radius 3 is 1.07 bits per heavy atom. The summed E-state index contributed by atoms with van der Waals surface area (Å²) in [5, 5.41) is 6.81. The number of rotatable bonds is 6. The number of para-hydroxylation sites is 5. The predicted octanol–water partition coefficient (Wildman–Crippen LogP) is 25.0. The van der Waals surface area contributed by atoms with Crippen molar-refractivity contribution in [3.63, 3.8) is 0 Å². The molecule has 0 unspecified atom stereocenters. The maximum Gasteiger partial charge on any atom is 0.143 e. The van der Waals surface area contributed by atoms with Crippen molar-refractivity contribution >= 4 is 65.8 Å². The third-order valence-electron chi connectivity index (χ3n) is 16.7. The summed E-state index contributed by atoms with van der Waals surface area (Å²) in [5.41, 5.74) is 22.2. The quantitative estimate of drug-likeness (QED) is 0.167. The Bertz CT molecular complexity index is 5240. The van der Waals surface area contributed by atoms with Gasteiger partial charge < -0.3 is 13.3 Å². The molecule has 0 fully saturated rings. The van der Waals surface area contributed by atoms with Gasteiger partial charge in [0.25, 0.3) is 0 Å². The molecule has 15 rings (SSSR count). The van der Waals surface area contributed by atoms with E-state index in [2.05, 4.69) is 244 Å². The van der Waals surface area contributed by atoms with E-state index in [1.165, 1.54) is 71.6 Å². The van der Waals surface area contributed by atoms with Crippen molar-refractivity contribution in [1.29, 1.82) is 0 Å². The lowest BCUT2D eigenvalue weighted by Gasteiger charge is -2.27. The van der Waals surface area contributed by atoms with Gasteiger partial charge in [-0.25, -0.2) is 0 Å². The molecule has 0 spiro atoms. The average Bonchev–Trinajstić information content (AvgIpc) is 1.06. The van der Waals surface area contributed by atoms with E-state index in [1.54, 1.807) is 6.92 Å². The van der Waals surface area contributed by atoms with Crippen LogP contribution in [-0.4, -0.2) is 0 Å². The third-order valence-corrected chi connectivity index (χ3v) is 16.7. The highest BCUT2D eigenvalue weighted by Gasteiger charge is 2.29. The second kappa shape index (κ2) is 23.0. The lowest BCUT2D eigenvalue weighted by molar-refractivity contribution is 0.593. The molecule has 3 aromatic heterocycles. The molecule has 3 heteroatoms. The van der Waals surface area contributed by atoms with Crippen molar-refractivity contribution in [1.82, 2.24) is 0 Å². The van der Waals surface area contributed by atoms with Crippen molar-refractivity contribution in [2.45, 2.75) is 85.5 Å². The highest BCUT2D eigenvalue weighted by molar-refractivity contribution is 6.14. The first-order valence-electron chi connectivity index (χ1n) is 32.5. The highest BCUT2D eigenvalue weighted by Crippen LogP contribution is 2.48.